The van der Waals surface area contributed by atoms with Gasteiger partial charge in [0, 0.05) is 0 Å². The van der Waals surface area contributed by atoms with Crippen molar-refractivity contribution in [2.24, 2.45) is 0 Å². The summed E-state index contributed by atoms with van der Waals surface area (Å²) in [5.41, 5.74) is 5.75. The van der Waals surface area contributed by atoms with Crippen LogP contribution in [0.2, 0.25) is 0 Å². The molecule has 0 radical (unpaired) electrons. The van der Waals surface area contributed by atoms with E-state index in [9.17, 15) is 0 Å². The molecule has 0 saturated heterocycles. The van der Waals surface area contributed by atoms with E-state index in [1.807, 2.05) is 0 Å². The van der Waals surface area contributed by atoms with Gasteiger partial charge in [0.2, 0.25) is 0 Å². The number of hydrogen-bond acceptors (Lipinski definition) is 1. The summed E-state index contributed by atoms with van der Waals surface area (Å²) in [6.07, 6.45) is 0. The second-order valence-corrected chi connectivity index (χ2v) is 21.6. The SMILES string of the molecule is [Cl][Cr]([Cl])([Cl])([Cl])[Cl].[N-]=O. The molecule has 0 rings (SSSR count). The number of hydrogen-bond donors (Lipinski definition) is 0. The van der Waals surface area contributed by atoms with Crippen LogP contribution in [0.25, 0.3) is 5.59 Å². The van der Waals surface area contributed by atoms with E-state index in [0.717, 1.165) is 0 Å². The molecule has 0 aliphatic rings. The van der Waals surface area contributed by atoms with Crippen LogP contribution in [0.5, 0.6) is 0 Å². The second kappa shape index (κ2) is 3.68. The third-order valence-electron chi connectivity index (χ3n) is 0. The van der Waals surface area contributed by atoms with Gasteiger partial charge >= 0.3 is 57.6 Å². The van der Waals surface area contributed by atoms with E-state index < -0.39 is 7.40 Å². The van der Waals surface area contributed by atoms with Crippen LogP contribution in [-0.2, 0) is 7.40 Å². The summed E-state index contributed by atoms with van der Waals surface area (Å²) in [6, 6.07) is 0. The van der Waals surface area contributed by atoms with Crippen LogP contribution in [0, 0.1) is 4.91 Å². The van der Waals surface area contributed by atoms with Gasteiger partial charge in [-0.1, -0.05) is 0 Å². The van der Waals surface area contributed by atoms with E-state index in [-0.39, 0.29) is 0 Å². The Morgan fingerprint density at radius 2 is 0.875 bits per heavy atom. The van der Waals surface area contributed by atoms with Crippen LogP contribution < -0.4 is 0 Å². The smallest absolute Gasteiger partial charge is 0.423 e. The van der Waals surface area contributed by atoms with E-state index in [4.69, 9.17) is 60.7 Å². The van der Waals surface area contributed by atoms with Crippen molar-refractivity contribution in [2.45, 2.75) is 0 Å². The number of nitrogens with zero attached hydrogens (tertiary/aromatic N) is 1. The van der Waals surface area contributed by atoms with Gasteiger partial charge in [-0.3, -0.25) is 0 Å². The van der Waals surface area contributed by atoms with Gasteiger partial charge in [0.25, 0.3) is 0 Å². The molecule has 0 aromatic heterocycles. The Kier molecular flexibility index (Phi) is 5.64. The van der Waals surface area contributed by atoms with Crippen LogP contribution in [0.15, 0.2) is 0 Å². The summed E-state index contributed by atoms with van der Waals surface area (Å²) >= 11 is 0. The molecule has 0 atom stereocenters. The van der Waals surface area contributed by atoms with Crippen LogP contribution >= 0.6 is 50.2 Å². The summed E-state index contributed by atoms with van der Waals surface area (Å²) in [5, 5.41) is 0. The van der Waals surface area contributed by atoms with E-state index >= 15 is 0 Å². The predicted octanol–water partition coefficient (Wildman–Crippen LogP) is 3.77. The standard InChI is InChI=1S/5ClH.Cr.NO/c;;;;;;1-2/h5*1H;;/q;;;;;+5;-1/p-5. The first kappa shape index (κ1) is 12.3. The Hall–Kier alpha value is 1.58. The topological polar surface area (TPSA) is 39.4 Å². The number of nitroso groups, excluding NO2 is 1. The summed E-state index contributed by atoms with van der Waals surface area (Å²) in [4.78, 5) is 7.25. The third-order valence-corrected chi connectivity index (χ3v) is 0. The molecule has 0 bridgehead atoms. The molecule has 8 heteroatoms. The van der Waals surface area contributed by atoms with E-state index in [0.29, 0.717) is 0 Å². The molecule has 0 spiro atoms. The normalized spacial score (nSPS) is 14.9. The quantitative estimate of drug-likeness (QED) is 0.652. The van der Waals surface area contributed by atoms with Crippen molar-refractivity contribution in [3.05, 3.63) is 10.5 Å². The second-order valence-electron chi connectivity index (χ2n) is 0.583. The van der Waals surface area contributed by atoms with Crippen LogP contribution in [0.4, 0.5) is 0 Å². The Morgan fingerprint density at radius 3 is 0.875 bits per heavy atom. The van der Waals surface area contributed by atoms with Crippen molar-refractivity contribution in [1.29, 1.82) is 0 Å². The zero-order valence-corrected chi connectivity index (χ0v) is 8.21. The third kappa shape index (κ3) is 131. The molecule has 0 unspecified atom stereocenters. The van der Waals surface area contributed by atoms with E-state index in [1.54, 1.807) is 0 Å². The first-order valence-electron chi connectivity index (χ1n) is 0.954. The largest absolute Gasteiger partial charge is 0.577 e. The monoisotopic (exact) mass is 257 g/mol. The first-order valence-corrected chi connectivity index (χ1v) is 9.73. The van der Waals surface area contributed by atoms with Gasteiger partial charge in [-0.05, 0) is 0 Å². The number of rotatable bonds is 0. The summed E-state index contributed by atoms with van der Waals surface area (Å²) in [7, 11) is 21.1. The maximum absolute atomic E-state index is 7.25. The zero-order chi connectivity index (χ0) is 7.45. The molecule has 0 aliphatic carbocycles. The van der Waals surface area contributed by atoms with E-state index in [1.165, 1.54) is 0 Å². The Morgan fingerprint density at radius 1 is 0.875 bits per heavy atom. The van der Waals surface area contributed by atoms with Gasteiger partial charge in [0.15, 0.2) is 0 Å². The average molecular weight is 259 g/mol. The van der Waals surface area contributed by atoms with Crippen LogP contribution in [0.1, 0.15) is 0 Å². The summed E-state index contributed by atoms with van der Waals surface area (Å²) in [5.74, 6) is 0. The molecular weight excluding hydrogens is 259 g/mol. The van der Waals surface area contributed by atoms with Gasteiger partial charge in [-0.25, -0.2) is 0 Å². The van der Waals surface area contributed by atoms with Gasteiger partial charge < -0.3 is 10.5 Å². The fourth-order valence-electron chi connectivity index (χ4n) is 0. The maximum Gasteiger partial charge on any atom is -0.423 e. The minimum absolute atomic E-state index is 4.01. The molecular formula is Cl5CrNO-. The van der Waals surface area contributed by atoms with E-state index in [2.05, 4.69) is 0 Å². The molecule has 0 fully saturated rings. The fourth-order valence-corrected chi connectivity index (χ4v) is 0. The first-order chi connectivity index (χ1) is 3.24. The molecule has 8 heavy (non-hydrogen) atoms. The van der Waals surface area contributed by atoms with Crippen molar-refractivity contribution in [1.82, 2.24) is 0 Å². The van der Waals surface area contributed by atoms with Crippen molar-refractivity contribution >= 4 is 50.2 Å². The summed E-state index contributed by atoms with van der Waals surface area (Å²) < 4.78 is 0. The minimum atomic E-state index is -4.01. The van der Waals surface area contributed by atoms with Crippen molar-refractivity contribution in [3.63, 3.8) is 0 Å². The average Bonchev–Trinajstić information content (AvgIpc) is 1.33. The minimum Gasteiger partial charge on any atom is -0.577 e. The summed E-state index contributed by atoms with van der Waals surface area (Å²) in [6.45, 7) is 0. The molecule has 0 aromatic rings. The molecule has 0 heterocycles. The van der Waals surface area contributed by atoms with Crippen LogP contribution in [0.3, 0.4) is 0 Å². The van der Waals surface area contributed by atoms with Gasteiger partial charge in [0.05, 0.1) is 0 Å². The molecule has 2 nitrogen and oxygen atoms in total. The predicted molar refractivity (Wildman–Crippen MR) is 36.0 cm³/mol. The fraction of sp³-hybridized carbons (Fsp3) is 0. The molecule has 0 aliphatic heterocycles. The maximum atomic E-state index is 7.25. The molecule has 0 saturated carbocycles. The molecule has 53 valence electrons. The van der Waals surface area contributed by atoms with Crippen LogP contribution in [-0.4, -0.2) is 0 Å². The van der Waals surface area contributed by atoms with Gasteiger partial charge in [-0.15, -0.1) is 0 Å². The molecule has 0 amide bonds. The van der Waals surface area contributed by atoms with Crippen molar-refractivity contribution in [3.8, 4) is 0 Å². The van der Waals surface area contributed by atoms with Gasteiger partial charge in [-0.2, -0.15) is 0 Å². The van der Waals surface area contributed by atoms with Gasteiger partial charge in [0.1, 0.15) is 0 Å². The molecule has 0 aromatic carbocycles. The zero-order valence-electron chi connectivity index (χ0n) is 3.15. The Bertz CT molecular complexity index is 55.3. The van der Waals surface area contributed by atoms with Crippen molar-refractivity contribution in [2.75, 3.05) is 0 Å². The Labute approximate surface area is 67.7 Å². The Balaban J connectivity index is 0. The van der Waals surface area contributed by atoms with Crippen molar-refractivity contribution < 1.29 is 7.40 Å². The molecule has 0 N–H and O–H groups in total. The number of halogens is 5.